The van der Waals surface area contributed by atoms with Crippen molar-refractivity contribution in [2.24, 2.45) is 0 Å². The number of ether oxygens (including phenoxy) is 1. The number of aryl methyl sites for hydroxylation is 1. The Kier molecular flexibility index (Phi) is 7.49. The van der Waals surface area contributed by atoms with Crippen molar-refractivity contribution in [2.75, 3.05) is 38.7 Å². The third-order valence-electron chi connectivity index (χ3n) is 6.10. The summed E-state index contributed by atoms with van der Waals surface area (Å²) in [6.07, 6.45) is 0. The van der Waals surface area contributed by atoms with Gasteiger partial charge in [-0.3, -0.25) is 9.88 Å². The summed E-state index contributed by atoms with van der Waals surface area (Å²) in [7, 11) is 1.63. The van der Waals surface area contributed by atoms with Crippen molar-refractivity contribution in [1.29, 1.82) is 0 Å². The lowest BCUT2D eigenvalue weighted by atomic mass is 9.94. The molecule has 2 unspecified atom stereocenters. The molecule has 0 spiro atoms. The Hall–Kier alpha value is -3.36. The number of nitrogens with zero attached hydrogens (tertiary/aromatic N) is 2. The first-order valence-corrected chi connectivity index (χ1v) is 11.2. The van der Waals surface area contributed by atoms with Gasteiger partial charge >= 0.3 is 6.03 Å². The Bertz CT molecular complexity index is 1140. The number of benzene rings is 2. The number of methoxy groups -OCH3 is 1. The lowest BCUT2D eigenvalue weighted by Crippen LogP contribution is -2.42. The van der Waals surface area contributed by atoms with Crippen LogP contribution in [0.4, 0.5) is 19.3 Å². The number of rotatable bonds is 7. The molecule has 0 bridgehead atoms. The zero-order valence-electron chi connectivity index (χ0n) is 19.2. The molecule has 6 nitrogen and oxygen atoms in total. The fourth-order valence-corrected chi connectivity index (χ4v) is 4.30. The van der Waals surface area contributed by atoms with E-state index in [1.165, 1.54) is 6.07 Å². The molecule has 1 fully saturated rings. The number of anilines is 1. The van der Waals surface area contributed by atoms with E-state index in [2.05, 4.69) is 20.5 Å². The molecule has 2 amide bonds. The molecule has 1 aliphatic rings. The lowest BCUT2D eigenvalue weighted by molar-refractivity contribution is 0.159. The van der Waals surface area contributed by atoms with Crippen LogP contribution in [0, 0.1) is 18.6 Å². The summed E-state index contributed by atoms with van der Waals surface area (Å²) in [6.45, 7) is 4.24. The van der Waals surface area contributed by atoms with E-state index in [0.717, 1.165) is 17.3 Å². The van der Waals surface area contributed by atoms with Crippen molar-refractivity contribution in [3.05, 3.63) is 83.6 Å². The summed E-state index contributed by atoms with van der Waals surface area (Å²) >= 11 is 0. The minimum Gasteiger partial charge on any atom is -0.383 e. The molecule has 0 aliphatic carbocycles. The molecule has 34 heavy (non-hydrogen) atoms. The lowest BCUT2D eigenvalue weighted by Gasteiger charge is -2.21. The summed E-state index contributed by atoms with van der Waals surface area (Å²) in [5.41, 5.74) is 3.77. The monoisotopic (exact) mass is 466 g/mol. The molecule has 4 rings (SSSR count). The first-order valence-electron chi connectivity index (χ1n) is 11.2. The number of carbonyl (C=O) groups excluding carboxylic acids is 1. The van der Waals surface area contributed by atoms with E-state index in [-0.39, 0.29) is 18.0 Å². The van der Waals surface area contributed by atoms with Crippen LogP contribution in [0.1, 0.15) is 17.2 Å². The van der Waals surface area contributed by atoms with Crippen molar-refractivity contribution in [3.8, 4) is 11.3 Å². The van der Waals surface area contributed by atoms with Gasteiger partial charge in [-0.1, -0.05) is 36.4 Å². The van der Waals surface area contributed by atoms with Gasteiger partial charge in [-0.15, -0.1) is 0 Å². The van der Waals surface area contributed by atoms with E-state index in [9.17, 15) is 13.6 Å². The average molecular weight is 467 g/mol. The molecule has 178 valence electrons. The summed E-state index contributed by atoms with van der Waals surface area (Å²) in [5, 5.41) is 5.89. The third kappa shape index (κ3) is 5.58. The fraction of sp³-hybridized carbons (Fsp3) is 0.308. The van der Waals surface area contributed by atoms with Crippen LogP contribution >= 0.6 is 0 Å². The Labute approximate surface area is 198 Å². The summed E-state index contributed by atoms with van der Waals surface area (Å²) in [6, 6.07) is 16.8. The predicted molar refractivity (Wildman–Crippen MR) is 128 cm³/mol. The molecule has 0 saturated carbocycles. The Morgan fingerprint density at radius 3 is 2.59 bits per heavy atom. The number of urea groups is 1. The summed E-state index contributed by atoms with van der Waals surface area (Å²) in [4.78, 5) is 19.6. The molecular weight excluding hydrogens is 438 g/mol. The second kappa shape index (κ2) is 10.7. The van der Waals surface area contributed by atoms with Crippen LogP contribution in [0.25, 0.3) is 11.3 Å². The Morgan fingerprint density at radius 1 is 1.09 bits per heavy atom. The third-order valence-corrected chi connectivity index (χ3v) is 6.10. The van der Waals surface area contributed by atoms with Gasteiger partial charge in [0.05, 0.1) is 29.7 Å². The molecule has 3 aromatic rings. The van der Waals surface area contributed by atoms with Gasteiger partial charge in [-0.2, -0.15) is 0 Å². The van der Waals surface area contributed by atoms with Gasteiger partial charge in [-0.05, 0) is 36.8 Å². The van der Waals surface area contributed by atoms with Gasteiger partial charge in [0, 0.05) is 38.2 Å². The second-order valence-electron chi connectivity index (χ2n) is 8.43. The van der Waals surface area contributed by atoms with Gasteiger partial charge in [0.2, 0.25) is 0 Å². The number of nitrogens with one attached hydrogen (secondary N) is 2. The van der Waals surface area contributed by atoms with Gasteiger partial charge in [-0.25, -0.2) is 13.6 Å². The van der Waals surface area contributed by atoms with Crippen LogP contribution in [0.15, 0.2) is 60.7 Å². The highest BCUT2D eigenvalue weighted by atomic mass is 19.2. The van der Waals surface area contributed by atoms with Crippen LogP contribution in [0.5, 0.6) is 0 Å². The molecule has 2 aromatic carbocycles. The minimum atomic E-state index is -0.892. The maximum Gasteiger partial charge on any atom is 0.319 e. The van der Waals surface area contributed by atoms with E-state index in [1.54, 1.807) is 13.2 Å². The van der Waals surface area contributed by atoms with Crippen LogP contribution in [0.3, 0.4) is 0 Å². The van der Waals surface area contributed by atoms with Crippen molar-refractivity contribution < 1.29 is 18.3 Å². The zero-order chi connectivity index (χ0) is 24.1. The van der Waals surface area contributed by atoms with Crippen LogP contribution < -0.4 is 10.6 Å². The summed E-state index contributed by atoms with van der Waals surface area (Å²) in [5.74, 6) is -1.96. The number of likely N-dealkylation sites (tertiary alicyclic amines) is 1. The molecule has 2 heterocycles. The molecule has 1 aliphatic heterocycles. The van der Waals surface area contributed by atoms with Crippen molar-refractivity contribution in [3.63, 3.8) is 0 Å². The number of halogens is 2. The highest BCUT2D eigenvalue weighted by molar-refractivity contribution is 5.90. The maximum absolute atomic E-state index is 13.9. The van der Waals surface area contributed by atoms with Crippen LogP contribution in [-0.4, -0.2) is 55.3 Å². The smallest absolute Gasteiger partial charge is 0.319 e. The Morgan fingerprint density at radius 2 is 1.88 bits per heavy atom. The number of pyridine rings is 1. The van der Waals surface area contributed by atoms with Crippen LogP contribution in [0.2, 0.25) is 0 Å². The first-order chi connectivity index (χ1) is 16.4. The Balaban J connectivity index is 1.47. The van der Waals surface area contributed by atoms with E-state index < -0.39 is 11.6 Å². The maximum atomic E-state index is 13.9. The molecule has 1 saturated heterocycles. The van der Waals surface area contributed by atoms with E-state index in [1.807, 2.05) is 49.4 Å². The van der Waals surface area contributed by atoms with Crippen LogP contribution in [-0.2, 0) is 4.74 Å². The highest BCUT2D eigenvalue weighted by Gasteiger charge is 2.35. The van der Waals surface area contributed by atoms with Crippen molar-refractivity contribution in [2.45, 2.75) is 18.9 Å². The standard InChI is InChI=1S/C26H28F2N4O2/c1-17-23(10-11-24(29-17)18-6-4-3-5-7-18)30-26(33)31-25-16-32(12-13-34-2)15-20(25)19-8-9-21(27)22(28)14-19/h3-11,14,20,25H,12-13,15-16H2,1-2H3,(H2,30,31,33). The van der Waals surface area contributed by atoms with Gasteiger partial charge in [0.1, 0.15) is 0 Å². The fourth-order valence-electron chi connectivity index (χ4n) is 4.30. The molecule has 1 aromatic heterocycles. The van der Waals surface area contributed by atoms with E-state index >= 15 is 0 Å². The quantitative estimate of drug-likeness (QED) is 0.535. The molecular formula is C26H28F2N4O2. The molecule has 0 radical (unpaired) electrons. The highest BCUT2D eigenvalue weighted by Crippen LogP contribution is 2.29. The molecule has 2 atom stereocenters. The van der Waals surface area contributed by atoms with E-state index in [0.29, 0.717) is 43.2 Å². The predicted octanol–water partition coefficient (Wildman–Crippen LogP) is 4.57. The zero-order valence-corrected chi connectivity index (χ0v) is 19.2. The number of aromatic nitrogens is 1. The molecule has 8 heteroatoms. The number of amides is 2. The largest absolute Gasteiger partial charge is 0.383 e. The molecule has 2 N–H and O–H groups in total. The topological polar surface area (TPSA) is 66.5 Å². The first kappa shape index (κ1) is 23.8. The van der Waals surface area contributed by atoms with Gasteiger partial charge < -0.3 is 15.4 Å². The number of carbonyl (C=O) groups is 1. The SMILES string of the molecule is COCCN1CC(NC(=O)Nc2ccc(-c3ccccc3)nc2C)C(c2ccc(F)c(F)c2)C1. The second-order valence-corrected chi connectivity index (χ2v) is 8.43. The number of hydrogen-bond donors (Lipinski definition) is 2. The normalized spacial score (nSPS) is 18.1. The van der Waals surface area contributed by atoms with Gasteiger partial charge in [0.15, 0.2) is 11.6 Å². The average Bonchev–Trinajstić information content (AvgIpc) is 3.23. The van der Waals surface area contributed by atoms with Crippen molar-refractivity contribution in [1.82, 2.24) is 15.2 Å². The van der Waals surface area contributed by atoms with Crippen molar-refractivity contribution >= 4 is 11.7 Å². The van der Waals surface area contributed by atoms with E-state index in [4.69, 9.17) is 4.74 Å². The number of hydrogen-bond acceptors (Lipinski definition) is 4. The summed E-state index contributed by atoms with van der Waals surface area (Å²) < 4.78 is 32.5. The minimum absolute atomic E-state index is 0.183. The van der Waals surface area contributed by atoms with Gasteiger partial charge in [0.25, 0.3) is 0 Å².